The predicted octanol–water partition coefficient (Wildman–Crippen LogP) is 5.02. The highest BCUT2D eigenvalue weighted by molar-refractivity contribution is 6.33. The van der Waals surface area contributed by atoms with E-state index in [4.69, 9.17) is 16.9 Å². The molecule has 0 amide bonds. The molecule has 3 nitrogen and oxygen atoms in total. The Balaban J connectivity index is 2.35. The summed E-state index contributed by atoms with van der Waals surface area (Å²) in [5.74, 6) is -3.84. The van der Waals surface area contributed by atoms with Gasteiger partial charge in [-0.3, -0.25) is 4.79 Å². The Morgan fingerprint density at radius 2 is 1.81 bits per heavy atom. The molecule has 0 unspecified atom stereocenters. The summed E-state index contributed by atoms with van der Waals surface area (Å²) in [5.41, 5.74) is -3.29. The van der Waals surface area contributed by atoms with Crippen molar-refractivity contribution < 1.29 is 22.0 Å². The SMILES string of the molecule is N#Cc1ccc(Cl)c(-c2cc(=O)c3c(F)c(C(F)(F)F)c(F)cc3[nH]2)c1. The van der Waals surface area contributed by atoms with Crippen LogP contribution < -0.4 is 5.43 Å². The summed E-state index contributed by atoms with van der Waals surface area (Å²) in [4.78, 5) is 14.7. The summed E-state index contributed by atoms with van der Waals surface area (Å²) in [6, 6.07) is 7.23. The van der Waals surface area contributed by atoms with Crippen molar-refractivity contribution in [3.05, 3.63) is 68.3 Å². The van der Waals surface area contributed by atoms with Gasteiger partial charge in [0.1, 0.15) is 11.4 Å². The van der Waals surface area contributed by atoms with E-state index in [0.717, 1.165) is 6.07 Å². The van der Waals surface area contributed by atoms with Crippen LogP contribution in [0.2, 0.25) is 5.02 Å². The Kier molecular flexibility index (Phi) is 4.20. The van der Waals surface area contributed by atoms with E-state index in [-0.39, 0.29) is 21.8 Å². The van der Waals surface area contributed by atoms with Gasteiger partial charge in [-0.05, 0) is 24.3 Å². The first-order valence-corrected chi connectivity index (χ1v) is 7.33. The molecule has 0 fully saturated rings. The van der Waals surface area contributed by atoms with Gasteiger partial charge in [-0.1, -0.05) is 11.6 Å². The fourth-order valence-electron chi connectivity index (χ4n) is 2.55. The minimum Gasteiger partial charge on any atom is -0.354 e. The normalized spacial score (nSPS) is 11.6. The largest absolute Gasteiger partial charge is 0.422 e. The third-order valence-electron chi connectivity index (χ3n) is 3.68. The van der Waals surface area contributed by atoms with E-state index >= 15 is 0 Å². The summed E-state index contributed by atoms with van der Waals surface area (Å²) >= 11 is 6.01. The number of nitrogens with one attached hydrogen (secondary N) is 1. The number of alkyl halides is 3. The summed E-state index contributed by atoms with van der Waals surface area (Å²) < 4.78 is 66.4. The molecule has 0 atom stereocenters. The van der Waals surface area contributed by atoms with Crippen LogP contribution in [-0.4, -0.2) is 4.98 Å². The lowest BCUT2D eigenvalue weighted by atomic mass is 10.0. The topological polar surface area (TPSA) is 56.6 Å². The van der Waals surface area contributed by atoms with E-state index in [1.165, 1.54) is 18.2 Å². The molecule has 132 valence electrons. The number of pyridine rings is 1. The van der Waals surface area contributed by atoms with Crippen molar-refractivity contribution in [2.75, 3.05) is 0 Å². The maximum absolute atomic E-state index is 14.2. The van der Waals surface area contributed by atoms with E-state index in [1.54, 1.807) is 0 Å². The molecule has 0 radical (unpaired) electrons. The van der Waals surface area contributed by atoms with Gasteiger partial charge in [-0.15, -0.1) is 0 Å². The maximum atomic E-state index is 14.2. The van der Waals surface area contributed by atoms with Crippen molar-refractivity contribution in [2.24, 2.45) is 0 Å². The Bertz CT molecular complexity index is 1150. The number of H-pyrrole nitrogens is 1. The van der Waals surface area contributed by atoms with Gasteiger partial charge < -0.3 is 4.98 Å². The summed E-state index contributed by atoms with van der Waals surface area (Å²) in [5, 5.41) is 8.15. The van der Waals surface area contributed by atoms with Crippen LogP contribution in [0, 0.1) is 23.0 Å². The van der Waals surface area contributed by atoms with Gasteiger partial charge in [-0.25, -0.2) is 8.78 Å². The molecule has 1 aromatic heterocycles. The van der Waals surface area contributed by atoms with Crippen molar-refractivity contribution in [3.8, 4) is 17.3 Å². The van der Waals surface area contributed by atoms with Crippen LogP contribution in [0.4, 0.5) is 22.0 Å². The van der Waals surface area contributed by atoms with Gasteiger partial charge in [0, 0.05) is 16.7 Å². The number of aromatic amines is 1. The van der Waals surface area contributed by atoms with Gasteiger partial charge >= 0.3 is 6.18 Å². The molecule has 9 heteroatoms. The van der Waals surface area contributed by atoms with Crippen LogP contribution in [0.1, 0.15) is 11.1 Å². The second-order valence-electron chi connectivity index (χ2n) is 5.32. The number of nitrogens with zero attached hydrogens (tertiary/aromatic N) is 1. The van der Waals surface area contributed by atoms with Crippen molar-refractivity contribution in [1.29, 1.82) is 5.26 Å². The van der Waals surface area contributed by atoms with Crippen LogP contribution >= 0.6 is 11.6 Å². The highest BCUT2D eigenvalue weighted by Gasteiger charge is 2.39. The average Bonchev–Trinajstić information content (AvgIpc) is 2.53. The highest BCUT2D eigenvalue weighted by atomic mass is 35.5. The highest BCUT2D eigenvalue weighted by Crippen LogP contribution is 2.36. The molecule has 0 aliphatic heterocycles. The molecule has 0 bridgehead atoms. The number of rotatable bonds is 1. The van der Waals surface area contributed by atoms with Gasteiger partial charge in [0.2, 0.25) is 0 Å². The van der Waals surface area contributed by atoms with Crippen molar-refractivity contribution in [3.63, 3.8) is 0 Å². The number of halogens is 6. The Hall–Kier alpha value is -2.92. The predicted molar refractivity (Wildman–Crippen MR) is 84.6 cm³/mol. The molecule has 2 aromatic carbocycles. The quantitative estimate of drug-likeness (QED) is 0.599. The van der Waals surface area contributed by atoms with E-state index in [2.05, 4.69) is 4.98 Å². The first kappa shape index (κ1) is 17.9. The molecule has 1 N–H and O–H groups in total. The zero-order chi connectivity index (χ0) is 19.2. The smallest absolute Gasteiger partial charge is 0.354 e. The number of hydrogen-bond donors (Lipinski definition) is 1. The number of aromatic nitrogens is 1. The molecule has 0 saturated heterocycles. The summed E-state index contributed by atoms with van der Waals surface area (Å²) in [6.07, 6.45) is -5.29. The van der Waals surface area contributed by atoms with E-state index in [1.807, 2.05) is 6.07 Å². The first-order valence-electron chi connectivity index (χ1n) is 6.95. The third-order valence-corrected chi connectivity index (χ3v) is 4.01. The Morgan fingerprint density at radius 3 is 2.42 bits per heavy atom. The maximum Gasteiger partial charge on any atom is 0.422 e. The lowest BCUT2D eigenvalue weighted by molar-refractivity contribution is -0.142. The fourth-order valence-corrected chi connectivity index (χ4v) is 2.77. The van der Waals surface area contributed by atoms with Crippen LogP contribution in [0.3, 0.4) is 0 Å². The lowest BCUT2D eigenvalue weighted by Crippen LogP contribution is -2.15. The standard InChI is InChI=1S/C17H6ClF5N2O/c18-9-2-1-7(6-24)3-8(9)11-5-13(26)14-12(25-11)4-10(19)15(16(14)20)17(21,22)23/h1-5H,(H,25,26). The third kappa shape index (κ3) is 2.91. The van der Waals surface area contributed by atoms with E-state index in [9.17, 15) is 26.7 Å². The molecule has 0 aliphatic carbocycles. The van der Waals surface area contributed by atoms with Crippen LogP contribution in [0.5, 0.6) is 0 Å². The second kappa shape index (κ2) is 6.11. The van der Waals surface area contributed by atoms with Crippen LogP contribution in [0.25, 0.3) is 22.2 Å². The molecule has 3 rings (SSSR count). The van der Waals surface area contributed by atoms with E-state index in [0.29, 0.717) is 6.07 Å². The molecule has 1 heterocycles. The molecule has 26 heavy (non-hydrogen) atoms. The summed E-state index contributed by atoms with van der Waals surface area (Å²) in [6.45, 7) is 0. The summed E-state index contributed by atoms with van der Waals surface area (Å²) in [7, 11) is 0. The minimum atomic E-state index is -5.29. The van der Waals surface area contributed by atoms with Gasteiger partial charge in [0.05, 0.1) is 28.2 Å². The number of benzene rings is 2. The molecule has 0 saturated carbocycles. The average molecular weight is 385 g/mol. The minimum absolute atomic E-state index is 0.00292. The zero-order valence-corrected chi connectivity index (χ0v) is 13.3. The molecule has 3 aromatic rings. The molecule has 0 aliphatic rings. The fraction of sp³-hybridized carbons (Fsp3) is 0.0588. The zero-order valence-electron chi connectivity index (χ0n) is 12.5. The van der Waals surface area contributed by atoms with Gasteiger partial charge in [0.25, 0.3) is 0 Å². The Morgan fingerprint density at radius 1 is 1.12 bits per heavy atom. The molecular formula is C17H6ClF5N2O. The molecule has 0 spiro atoms. The second-order valence-corrected chi connectivity index (χ2v) is 5.73. The van der Waals surface area contributed by atoms with Gasteiger partial charge in [-0.2, -0.15) is 18.4 Å². The van der Waals surface area contributed by atoms with Crippen LogP contribution in [0.15, 0.2) is 35.1 Å². The van der Waals surface area contributed by atoms with Crippen molar-refractivity contribution in [1.82, 2.24) is 4.98 Å². The molecular weight excluding hydrogens is 379 g/mol. The first-order chi connectivity index (χ1) is 12.1. The van der Waals surface area contributed by atoms with Crippen molar-refractivity contribution in [2.45, 2.75) is 6.18 Å². The monoisotopic (exact) mass is 384 g/mol. The van der Waals surface area contributed by atoms with Crippen LogP contribution in [-0.2, 0) is 6.18 Å². The Labute approximate surface area is 147 Å². The van der Waals surface area contributed by atoms with E-state index < -0.39 is 39.7 Å². The van der Waals surface area contributed by atoms with Gasteiger partial charge in [0.15, 0.2) is 11.2 Å². The lowest BCUT2D eigenvalue weighted by Gasteiger charge is -2.12. The number of fused-ring (bicyclic) bond motifs is 1. The number of hydrogen-bond acceptors (Lipinski definition) is 2. The number of nitriles is 1. The van der Waals surface area contributed by atoms with Crippen molar-refractivity contribution >= 4 is 22.5 Å².